The first-order valence-electron chi connectivity index (χ1n) is 7.55. The predicted octanol–water partition coefficient (Wildman–Crippen LogP) is 1.82. The van der Waals surface area contributed by atoms with Crippen LogP contribution in [0, 0.1) is 5.82 Å². The molecule has 1 N–H and O–H groups in total. The Morgan fingerprint density at radius 1 is 1.08 bits per heavy atom. The van der Waals surface area contributed by atoms with Crippen LogP contribution in [0.2, 0.25) is 0 Å². The highest BCUT2D eigenvalue weighted by Crippen LogP contribution is 2.25. The topological polar surface area (TPSA) is 83.6 Å². The quantitative estimate of drug-likeness (QED) is 0.899. The minimum atomic E-state index is -3.62. The van der Waals surface area contributed by atoms with E-state index in [-0.39, 0.29) is 36.1 Å². The summed E-state index contributed by atoms with van der Waals surface area (Å²) in [7, 11) is -3.62. The van der Waals surface area contributed by atoms with Gasteiger partial charge >= 0.3 is 0 Å². The molecule has 1 aliphatic rings. The molecule has 1 aliphatic heterocycles. The molecule has 1 saturated heterocycles. The predicted molar refractivity (Wildman–Crippen MR) is 89.9 cm³/mol. The molecule has 25 heavy (non-hydrogen) atoms. The van der Waals surface area contributed by atoms with Crippen molar-refractivity contribution < 1.29 is 22.4 Å². The largest absolute Gasteiger partial charge is 0.348 e. The van der Waals surface area contributed by atoms with E-state index < -0.39 is 15.9 Å². The summed E-state index contributed by atoms with van der Waals surface area (Å²) in [5, 5.41) is 2.69. The first kappa shape index (κ1) is 17.1. The van der Waals surface area contributed by atoms with Crippen LogP contribution in [-0.2, 0) is 21.4 Å². The summed E-state index contributed by atoms with van der Waals surface area (Å²) in [4.78, 5) is 23.9. The minimum absolute atomic E-state index is 0.0394. The minimum Gasteiger partial charge on any atom is -0.348 e. The zero-order valence-corrected chi connectivity index (χ0v) is 13.9. The second-order valence-corrected chi connectivity index (χ2v) is 7.52. The van der Waals surface area contributed by atoms with E-state index in [1.54, 1.807) is 12.1 Å². The Kier molecular flexibility index (Phi) is 4.54. The molecule has 0 spiro atoms. The lowest BCUT2D eigenvalue weighted by atomic mass is 10.1. The molecule has 6 nitrogen and oxygen atoms in total. The smallest absolute Gasteiger partial charge is 0.251 e. The number of anilines is 1. The van der Waals surface area contributed by atoms with Crippen LogP contribution in [0.5, 0.6) is 0 Å². The molecule has 0 radical (unpaired) electrons. The van der Waals surface area contributed by atoms with Crippen LogP contribution in [0.3, 0.4) is 0 Å². The van der Waals surface area contributed by atoms with Crippen molar-refractivity contribution >= 4 is 27.5 Å². The van der Waals surface area contributed by atoms with E-state index in [0.717, 1.165) is 9.87 Å². The van der Waals surface area contributed by atoms with Gasteiger partial charge in [0.05, 0.1) is 11.4 Å². The van der Waals surface area contributed by atoms with Crippen molar-refractivity contribution in [3.8, 4) is 0 Å². The van der Waals surface area contributed by atoms with Gasteiger partial charge in [0, 0.05) is 18.5 Å². The number of nitrogens with one attached hydrogen (secondary N) is 1. The number of halogens is 1. The molecule has 1 fully saturated rings. The molecule has 8 heteroatoms. The third-order valence-electron chi connectivity index (χ3n) is 3.81. The lowest BCUT2D eigenvalue weighted by Gasteiger charge is -2.15. The Morgan fingerprint density at radius 2 is 1.72 bits per heavy atom. The van der Waals surface area contributed by atoms with Crippen LogP contribution >= 0.6 is 0 Å². The summed E-state index contributed by atoms with van der Waals surface area (Å²) in [5.74, 6) is -1.39. The van der Waals surface area contributed by atoms with E-state index in [1.807, 2.05) is 0 Å². The summed E-state index contributed by atoms with van der Waals surface area (Å²) in [5.41, 5.74) is 1.30. The van der Waals surface area contributed by atoms with Gasteiger partial charge in [-0.3, -0.25) is 9.59 Å². The number of carbonyl (C=O) groups excluding carboxylic acids is 2. The van der Waals surface area contributed by atoms with Gasteiger partial charge < -0.3 is 5.32 Å². The lowest BCUT2D eigenvalue weighted by Crippen LogP contribution is -2.29. The van der Waals surface area contributed by atoms with Gasteiger partial charge in [-0.15, -0.1) is 0 Å². The molecular weight excluding hydrogens is 347 g/mol. The molecule has 2 aromatic rings. The van der Waals surface area contributed by atoms with Crippen molar-refractivity contribution in [1.29, 1.82) is 0 Å². The Labute approximate surface area is 144 Å². The van der Waals surface area contributed by atoms with Crippen LogP contribution in [0.1, 0.15) is 22.3 Å². The average Bonchev–Trinajstić information content (AvgIpc) is 2.87. The molecule has 0 bridgehead atoms. The van der Waals surface area contributed by atoms with Crippen LogP contribution in [0.15, 0.2) is 48.5 Å². The number of benzene rings is 2. The first-order valence-corrected chi connectivity index (χ1v) is 9.16. The third kappa shape index (κ3) is 3.69. The SMILES string of the molecule is O=C(NCc1ccc(F)cc1)c1ccc(N2C(=O)CCS2(=O)=O)cc1. The summed E-state index contributed by atoms with van der Waals surface area (Å²) >= 11 is 0. The summed E-state index contributed by atoms with van der Waals surface area (Å²) in [6.07, 6.45) is -0.0394. The molecule has 3 rings (SSSR count). The number of sulfonamides is 1. The zero-order valence-electron chi connectivity index (χ0n) is 13.1. The fourth-order valence-corrected chi connectivity index (χ4v) is 3.96. The van der Waals surface area contributed by atoms with Gasteiger partial charge in [-0.2, -0.15) is 0 Å². The number of hydrogen-bond donors (Lipinski definition) is 1. The number of carbonyl (C=O) groups is 2. The van der Waals surface area contributed by atoms with Crippen LogP contribution in [0.25, 0.3) is 0 Å². The van der Waals surface area contributed by atoms with Gasteiger partial charge in [0.2, 0.25) is 15.9 Å². The number of nitrogens with zero attached hydrogens (tertiary/aromatic N) is 1. The van der Waals surface area contributed by atoms with Crippen LogP contribution in [-0.4, -0.2) is 26.0 Å². The fraction of sp³-hybridized carbons (Fsp3) is 0.176. The Morgan fingerprint density at radius 3 is 2.28 bits per heavy atom. The molecule has 0 aromatic heterocycles. The summed E-state index contributed by atoms with van der Waals surface area (Å²) in [6, 6.07) is 11.5. The second kappa shape index (κ2) is 6.64. The van der Waals surface area contributed by atoms with Crippen molar-refractivity contribution in [2.24, 2.45) is 0 Å². The van der Waals surface area contributed by atoms with Crippen molar-refractivity contribution in [3.63, 3.8) is 0 Å². The average molecular weight is 362 g/mol. The Balaban J connectivity index is 1.68. The van der Waals surface area contributed by atoms with Gasteiger partial charge in [-0.1, -0.05) is 12.1 Å². The zero-order chi connectivity index (χ0) is 18.0. The fourth-order valence-electron chi connectivity index (χ4n) is 2.50. The summed E-state index contributed by atoms with van der Waals surface area (Å²) in [6.45, 7) is 0.236. The molecule has 2 aromatic carbocycles. The molecule has 2 amide bonds. The maximum atomic E-state index is 12.8. The maximum absolute atomic E-state index is 12.8. The highest BCUT2D eigenvalue weighted by Gasteiger charge is 2.36. The Bertz CT molecular complexity index is 909. The van der Waals surface area contributed by atoms with E-state index in [2.05, 4.69) is 5.32 Å². The number of hydrogen-bond acceptors (Lipinski definition) is 4. The lowest BCUT2D eigenvalue weighted by molar-refractivity contribution is -0.116. The molecule has 0 atom stereocenters. The molecular formula is C17H15FN2O4S. The normalized spacial score (nSPS) is 16.0. The van der Waals surface area contributed by atoms with E-state index >= 15 is 0 Å². The van der Waals surface area contributed by atoms with Crippen molar-refractivity contribution in [3.05, 3.63) is 65.5 Å². The van der Waals surface area contributed by atoms with Gasteiger partial charge in [0.15, 0.2) is 0 Å². The second-order valence-electron chi connectivity index (χ2n) is 5.58. The van der Waals surface area contributed by atoms with Crippen molar-refractivity contribution in [2.45, 2.75) is 13.0 Å². The van der Waals surface area contributed by atoms with E-state index in [9.17, 15) is 22.4 Å². The number of amides is 2. The molecule has 0 unspecified atom stereocenters. The standard InChI is InChI=1S/C17H15FN2O4S/c18-14-5-1-12(2-6-14)11-19-17(22)13-3-7-15(8-4-13)20-16(21)9-10-25(20,23)24/h1-8H,9-11H2,(H,19,22). The van der Waals surface area contributed by atoms with E-state index in [0.29, 0.717) is 5.56 Å². The molecule has 0 aliphatic carbocycles. The molecule has 0 saturated carbocycles. The maximum Gasteiger partial charge on any atom is 0.251 e. The van der Waals surface area contributed by atoms with Gasteiger partial charge in [-0.05, 0) is 42.0 Å². The van der Waals surface area contributed by atoms with E-state index in [4.69, 9.17) is 0 Å². The highest BCUT2D eigenvalue weighted by molar-refractivity contribution is 7.94. The first-order chi connectivity index (χ1) is 11.9. The van der Waals surface area contributed by atoms with Gasteiger partial charge in [0.25, 0.3) is 5.91 Å². The molecule has 1 heterocycles. The van der Waals surface area contributed by atoms with Crippen molar-refractivity contribution in [2.75, 3.05) is 10.1 Å². The monoisotopic (exact) mass is 362 g/mol. The van der Waals surface area contributed by atoms with Gasteiger partial charge in [0.1, 0.15) is 5.82 Å². The third-order valence-corrected chi connectivity index (χ3v) is 5.50. The van der Waals surface area contributed by atoms with Gasteiger partial charge in [-0.25, -0.2) is 17.1 Å². The molecule has 130 valence electrons. The summed E-state index contributed by atoms with van der Waals surface area (Å²) < 4.78 is 37.4. The number of rotatable bonds is 4. The van der Waals surface area contributed by atoms with E-state index in [1.165, 1.54) is 36.4 Å². The van der Waals surface area contributed by atoms with Crippen molar-refractivity contribution in [1.82, 2.24) is 5.32 Å². The van der Waals surface area contributed by atoms with Crippen LogP contribution in [0.4, 0.5) is 10.1 Å². The Hall–Kier alpha value is -2.74. The van der Waals surface area contributed by atoms with Crippen LogP contribution < -0.4 is 9.62 Å². The highest BCUT2D eigenvalue weighted by atomic mass is 32.2.